The average Bonchev–Trinajstić information content (AvgIpc) is 2.00. The minimum Gasteiger partial charge on any atom is -0.263 e. The molecule has 15 heavy (non-hydrogen) atoms. The normalized spacial score (nSPS) is 22.7. The number of hydrogen-bond acceptors (Lipinski definition) is 3. The molecular weight excluding hydrogens is 212 g/mol. The van der Waals surface area contributed by atoms with Gasteiger partial charge >= 0.3 is 0 Å². The molecule has 0 amide bonds. The van der Waals surface area contributed by atoms with Crippen LogP contribution in [0.1, 0.15) is 52.9 Å². The second-order valence-electron chi connectivity index (χ2n) is 5.59. The van der Waals surface area contributed by atoms with E-state index >= 15 is 0 Å². The smallest absolute Gasteiger partial charge is 0.263 e. The molecule has 0 heterocycles. The third kappa shape index (κ3) is 3.18. The van der Waals surface area contributed by atoms with Crippen LogP contribution in [0.2, 0.25) is 0 Å². The molecule has 0 radical (unpaired) electrons. The van der Waals surface area contributed by atoms with E-state index in [-0.39, 0.29) is 5.41 Å². The Morgan fingerprint density at radius 2 is 1.53 bits per heavy atom. The van der Waals surface area contributed by atoms with Gasteiger partial charge in [-0.05, 0) is 18.3 Å². The standard InChI is InChI=1S/C11H22O3S/c1-10(2,3)11(14-15(4,12)13)8-6-5-7-9-11/h5-9H2,1-4H3. The van der Waals surface area contributed by atoms with Crippen molar-refractivity contribution >= 4 is 10.1 Å². The fourth-order valence-corrected chi connectivity index (χ4v) is 3.37. The molecule has 0 aromatic heterocycles. The lowest BCUT2D eigenvalue weighted by molar-refractivity contribution is -0.0559. The molecule has 0 N–H and O–H groups in total. The number of rotatable bonds is 2. The maximum Gasteiger partial charge on any atom is 0.264 e. The molecule has 0 saturated heterocycles. The molecule has 0 aliphatic heterocycles. The van der Waals surface area contributed by atoms with Gasteiger partial charge in [-0.25, -0.2) is 0 Å². The zero-order chi connectivity index (χ0) is 11.7. The summed E-state index contributed by atoms with van der Waals surface area (Å²) in [7, 11) is -3.37. The van der Waals surface area contributed by atoms with Crippen LogP contribution in [-0.4, -0.2) is 20.3 Å². The summed E-state index contributed by atoms with van der Waals surface area (Å²) in [5.74, 6) is 0. The minimum atomic E-state index is -3.37. The van der Waals surface area contributed by atoms with Crippen molar-refractivity contribution in [3.63, 3.8) is 0 Å². The van der Waals surface area contributed by atoms with E-state index in [0.717, 1.165) is 31.9 Å². The van der Waals surface area contributed by atoms with Gasteiger partial charge in [0.1, 0.15) is 0 Å². The fourth-order valence-electron chi connectivity index (χ4n) is 2.37. The lowest BCUT2D eigenvalue weighted by Crippen LogP contribution is -2.48. The Bertz CT molecular complexity index is 305. The van der Waals surface area contributed by atoms with Crippen LogP contribution < -0.4 is 0 Å². The molecule has 1 saturated carbocycles. The Hall–Kier alpha value is -0.0900. The van der Waals surface area contributed by atoms with Crippen LogP contribution in [0.25, 0.3) is 0 Å². The highest BCUT2D eigenvalue weighted by Crippen LogP contribution is 2.45. The second kappa shape index (κ2) is 4.06. The topological polar surface area (TPSA) is 43.4 Å². The van der Waals surface area contributed by atoms with Crippen LogP contribution in [0.5, 0.6) is 0 Å². The Morgan fingerprint density at radius 3 is 1.87 bits per heavy atom. The van der Waals surface area contributed by atoms with Crippen LogP contribution in [0.15, 0.2) is 0 Å². The molecule has 1 aliphatic rings. The van der Waals surface area contributed by atoms with Gasteiger partial charge in [0.2, 0.25) is 0 Å². The summed E-state index contributed by atoms with van der Waals surface area (Å²) < 4.78 is 28.1. The molecule has 0 spiro atoms. The van der Waals surface area contributed by atoms with Crippen molar-refractivity contribution in [1.82, 2.24) is 0 Å². The van der Waals surface area contributed by atoms with Crippen molar-refractivity contribution in [1.29, 1.82) is 0 Å². The molecule has 3 nitrogen and oxygen atoms in total. The first kappa shape index (κ1) is 13.0. The zero-order valence-corrected chi connectivity index (χ0v) is 11.0. The van der Waals surface area contributed by atoms with Crippen LogP contribution >= 0.6 is 0 Å². The first-order valence-electron chi connectivity index (χ1n) is 5.57. The van der Waals surface area contributed by atoms with Gasteiger partial charge in [-0.2, -0.15) is 8.42 Å². The lowest BCUT2D eigenvalue weighted by atomic mass is 9.68. The molecule has 0 aromatic carbocycles. The van der Waals surface area contributed by atoms with Crippen LogP contribution in [0, 0.1) is 5.41 Å². The van der Waals surface area contributed by atoms with Gasteiger partial charge in [-0.3, -0.25) is 4.18 Å². The van der Waals surface area contributed by atoms with Crippen LogP contribution in [0.3, 0.4) is 0 Å². The lowest BCUT2D eigenvalue weighted by Gasteiger charge is -2.45. The highest BCUT2D eigenvalue weighted by molar-refractivity contribution is 7.86. The predicted octanol–water partition coefficient (Wildman–Crippen LogP) is 2.71. The van der Waals surface area contributed by atoms with Crippen molar-refractivity contribution in [3.05, 3.63) is 0 Å². The quantitative estimate of drug-likeness (QED) is 0.690. The van der Waals surface area contributed by atoms with Crippen molar-refractivity contribution in [2.24, 2.45) is 5.41 Å². The Kier molecular flexibility index (Phi) is 3.51. The summed E-state index contributed by atoms with van der Waals surface area (Å²) in [5, 5.41) is 0. The molecule has 4 heteroatoms. The van der Waals surface area contributed by atoms with Gasteiger partial charge < -0.3 is 0 Å². The van der Waals surface area contributed by atoms with E-state index in [0.29, 0.717) is 0 Å². The van der Waals surface area contributed by atoms with Crippen molar-refractivity contribution in [3.8, 4) is 0 Å². The van der Waals surface area contributed by atoms with Crippen molar-refractivity contribution in [2.45, 2.75) is 58.5 Å². The maximum atomic E-state index is 11.3. The van der Waals surface area contributed by atoms with Crippen LogP contribution in [-0.2, 0) is 14.3 Å². The van der Waals surface area contributed by atoms with Gasteiger partial charge in [-0.15, -0.1) is 0 Å². The molecule has 90 valence electrons. The first-order valence-corrected chi connectivity index (χ1v) is 7.39. The third-order valence-electron chi connectivity index (χ3n) is 3.34. The summed E-state index contributed by atoms with van der Waals surface area (Å²) in [5.41, 5.74) is -0.616. The summed E-state index contributed by atoms with van der Waals surface area (Å²) >= 11 is 0. The van der Waals surface area contributed by atoms with Crippen molar-refractivity contribution < 1.29 is 12.6 Å². The minimum absolute atomic E-state index is 0.128. The van der Waals surface area contributed by atoms with E-state index < -0.39 is 15.7 Å². The number of hydrogen-bond donors (Lipinski definition) is 0. The maximum absolute atomic E-state index is 11.3. The van der Waals surface area contributed by atoms with E-state index in [9.17, 15) is 8.42 Å². The van der Waals surface area contributed by atoms with Gasteiger partial charge in [0.25, 0.3) is 10.1 Å². The molecule has 0 aromatic rings. The summed E-state index contributed by atoms with van der Waals surface area (Å²) in [6, 6.07) is 0. The summed E-state index contributed by atoms with van der Waals surface area (Å²) in [6.07, 6.45) is 6.16. The van der Waals surface area contributed by atoms with Gasteiger partial charge in [0.05, 0.1) is 11.9 Å². The highest BCUT2D eigenvalue weighted by atomic mass is 32.2. The Balaban J connectivity index is 2.96. The fraction of sp³-hybridized carbons (Fsp3) is 1.00. The SMILES string of the molecule is CC(C)(C)C1(OS(C)(=O)=O)CCCCC1. The average molecular weight is 234 g/mol. The largest absolute Gasteiger partial charge is 0.264 e. The Labute approximate surface area is 93.3 Å². The second-order valence-corrected chi connectivity index (χ2v) is 7.17. The predicted molar refractivity (Wildman–Crippen MR) is 61.2 cm³/mol. The van der Waals surface area contributed by atoms with Gasteiger partial charge in [-0.1, -0.05) is 40.0 Å². The Morgan fingerprint density at radius 1 is 1.07 bits per heavy atom. The van der Waals surface area contributed by atoms with Crippen LogP contribution in [0.4, 0.5) is 0 Å². The molecule has 1 fully saturated rings. The van der Waals surface area contributed by atoms with Gasteiger partial charge in [0.15, 0.2) is 0 Å². The highest BCUT2D eigenvalue weighted by Gasteiger charge is 2.46. The molecule has 0 unspecified atom stereocenters. The molecule has 0 bridgehead atoms. The third-order valence-corrected chi connectivity index (χ3v) is 3.96. The summed E-state index contributed by atoms with van der Waals surface area (Å²) in [6.45, 7) is 6.18. The van der Waals surface area contributed by atoms with Crippen molar-refractivity contribution in [2.75, 3.05) is 6.26 Å². The van der Waals surface area contributed by atoms with E-state index in [4.69, 9.17) is 4.18 Å². The molecule has 1 rings (SSSR count). The monoisotopic (exact) mass is 234 g/mol. The van der Waals surface area contributed by atoms with E-state index in [1.165, 1.54) is 6.42 Å². The first-order chi connectivity index (χ1) is 6.66. The van der Waals surface area contributed by atoms with Gasteiger partial charge in [0, 0.05) is 0 Å². The van der Waals surface area contributed by atoms with E-state index in [1.54, 1.807) is 0 Å². The zero-order valence-electron chi connectivity index (χ0n) is 10.2. The van der Waals surface area contributed by atoms with E-state index in [2.05, 4.69) is 20.8 Å². The molecule has 0 atom stereocenters. The van der Waals surface area contributed by atoms with E-state index in [1.807, 2.05) is 0 Å². The molecule has 1 aliphatic carbocycles. The summed E-state index contributed by atoms with van der Waals surface area (Å²) in [4.78, 5) is 0. The molecular formula is C11H22O3S.